The predicted octanol–water partition coefficient (Wildman–Crippen LogP) is -7.29. The van der Waals surface area contributed by atoms with Gasteiger partial charge < -0.3 is 40.3 Å². The van der Waals surface area contributed by atoms with E-state index in [0.717, 1.165) is 0 Å². The van der Waals surface area contributed by atoms with Crippen LogP contribution in [0.15, 0.2) is 0 Å². The van der Waals surface area contributed by atoms with Crippen molar-refractivity contribution in [2.24, 2.45) is 0 Å². The van der Waals surface area contributed by atoms with Crippen LogP contribution in [0.25, 0.3) is 0 Å². The van der Waals surface area contributed by atoms with Gasteiger partial charge in [-0.05, 0) is 0 Å². The Morgan fingerprint density at radius 1 is 0.789 bits per heavy atom. The Morgan fingerprint density at radius 3 is 1.00 bits per heavy atom. The summed E-state index contributed by atoms with van der Waals surface area (Å²) >= 11 is 0. The van der Waals surface area contributed by atoms with E-state index in [1.807, 2.05) is 0 Å². The first-order chi connectivity index (χ1) is 7.98. The molecule has 0 aliphatic heterocycles. The zero-order valence-corrected chi connectivity index (χ0v) is 9.72. The first-order valence-electron chi connectivity index (χ1n) is 3.88. The summed E-state index contributed by atoms with van der Waals surface area (Å²) in [4.78, 5) is 37.6. The zero-order valence-electron chi connectivity index (χ0n) is 9.72. The van der Waals surface area contributed by atoms with Crippen LogP contribution in [0.2, 0.25) is 0 Å². The molecule has 0 atom stereocenters. The maximum absolute atomic E-state index is 9.43. The van der Waals surface area contributed by atoms with Crippen molar-refractivity contribution < 1.29 is 73.5 Å². The van der Waals surface area contributed by atoms with Crippen LogP contribution in [0.5, 0.6) is 0 Å². The molecule has 0 amide bonds. The second-order valence-electron chi connectivity index (χ2n) is 2.25. The van der Waals surface area contributed by atoms with Gasteiger partial charge in [0, 0.05) is 0 Å². The van der Waals surface area contributed by atoms with Crippen LogP contribution in [0.1, 0.15) is 12.8 Å². The molecule has 0 saturated carbocycles. The first kappa shape index (κ1) is 26.1. The SMILES string of the molecule is O=C(O)CC(=O)O.O=C([O-])CC(=O)O.OB(O)O.[Li+]. The van der Waals surface area contributed by atoms with Crippen molar-refractivity contribution in [1.29, 1.82) is 0 Å². The molecule has 0 radical (unpaired) electrons. The van der Waals surface area contributed by atoms with Gasteiger partial charge in [0.05, 0.1) is 12.4 Å². The van der Waals surface area contributed by atoms with E-state index in [4.69, 9.17) is 30.4 Å². The number of aliphatic carboxylic acids is 4. The first-order valence-corrected chi connectivity index (χ1v) is 3.88. The number of hydrogen-bond donors (Lipinski definition) is 6. The summed E-state index contributed by atoms with van der Waals surface area (Å²) < 4.78 is 0. The quantitative estimate of drug-likeness (QED) is 0.209. The Morgan fingerprint density at radius 2 is 1.00 bits per heavy atom. The average molecular weight is 276 g/mol. The number of rotatable bonds is 4. The van der Waals surface area contributed by atoms with Gasteiger partial charge in [0.2, 0.25) is 0 Å². The van der Waals surface area contributed by atoms with Crippen molar-refractivity contribution in [3.63, 3.8) is 0 Å². The van der Waals surface area contributed by atoms with Crippen LogP contribution in [0.3, 0.4) is 0 Å². The average Bonchev–Trinajstić information content (AvgIpc) is 1.96. The normalized spacial score (nSPS) is 7.32. The van der Waals surface area contributed by atoms with Crippen LogP contribution < -0.4 is 24.0 Å². The van der Waals surface area contributed by atoms with E-state index in [0.29, 0.717) is 0 Å². The zero-order chi connectivity index (χ0) is 15.3. The standard InChI is InChI=1S/2C3H4O4.BH3O3.Li/c2*4-2(5)1-3(6)7;2-1(3)4;/h2*1H2,(H,4,5)(H,6,7);2-4H;/q;;;+1/p-1. The van der Waals surface area contributed by atoms with Gasteiger partial charge in [0.15, 0.2) is 0 Å². The van der Waals surface area contributed by atoms with E-state index in [1.54, 1.807) is 0 Å². The van der Waals surface area contributed by atoms with E-state index in [1.165, 1.54) is 0 Å². The van der Waals surface area contributed by atoms with E-state index in [-0.39, 0.29) is 18.9 Å². The molecule has 0 aromatic heterocycles. The minimum atomic E-state index is -2.17. The van der Waals surface area contributed by atoms with Gasteiger partial charge in [-0.1, -0.05) is 0 Å². The molecule has 104 valence electrons. The van der Waals surface area contributed by atoms with Gasteiger partial charge in [-0.25, -0.2) is 0 Å². The minimum Gasteiger partial charge on any atom is -0.550 e. The van der Waals surface area contributed by atoms with Crippen molar-refractivity contribution in [2.45, 2.75) is 12.8 Å². The Balaban J connectivity index is -0.0000000900. The smallest absolute Gasteiger partial charge is 0.550 e. The van der Waals surface area contributed by atoms with Gasteiger partial charge in [0.25, 0.3) is 0 Å². The molecule has 0 aromatic carbocycles. The topological polar surface area (TPSA) is 213 Å². The third-order valence-corrected chi connectivity index (χ3v) is 0.598. The largest absolute Gasteiger partial charge is 1.00 e. The second kappa shape index (κ2) is 16.4. The fourth-order valence-electron chi connectivity index (χ4n) is 0.253. The molecule has 0 saturated heterocycles. The van der Waals surface area contributed by atoms with E-state index < -0.39 is 44.0 Å². The summed E-state index contributed by atoms with van der Waals surface area (Å²) in [5.41, 5.74) is 0. The summed E-state index contributed by atoms with van der Waals surface area (Å²) in [7, 11) is -2.17. The summed E-state index contributed by atoms with van der Waals surface area (Å²) in [5, 5.41) is 53.9. The summed E-state index contributed by atoms with van der Waals surface area (Å²) in [6.07, 6.45) is -1.72. The Kier molecular flexibility index (Phi) is 22.5. The molecule has 0 spiro atoms. The van der Waals surface area contributed by atoms with Gasteiger partial charge >= 0.3 is 44.1 Å². The molecule has 0 heterocycles. The number of carbonyl (C=O) groups is 4. The molecule has 0 unspecified atom stereocenters. The molecule has 6 N–H and O–H groups in total. The van der Waals surface area contributed by atoms with Gasteiger partial charge in [-0.3, -0.25) is 14.4 Å². The fraction of sp³-hybridized carbons (Fsp3) is 0.333. The number of carbonyl (C=O) groups excluding carboxylic acids is 1. The minimum absolute atomic E-state index is 0. The van der Waals surface area contributed by atoms with Gasteiger partial charge in [-0.2, -0.15) is 0 Å². The predicted molar refractivity (Wildman–Crippen MR) is 49.6 cm³/mol. The summed E-state index contributed by atoms with van der Waals surface area (Å²) in [6, 6.07) is 0. The van der Waals surface area contributed by atoms with Crippen molar-refractivity contribution in [3.8, 4) is 0 Å². The molecule has 0 aromatic rings. The Labute approximate surface area is 118 Å². The number of carboxylic acid groups (broad SMARTS) is 4. The molecule has 11 nitrogen and oxygen atoms in total. The maximum atomic E-state index is 9.43. The Hall–Kier alpha value is -1.58. The van der Waals surface area contributed by atoms with Crippen LogP contribution in [0, 0.1) is 0 Å². The molecule has 0 aliphatic carbocycles. The molecule has 0 fully saturated rings. The van der Waals surface area contributed by atoms with E-state index in [2.05, 4.69) is 0 Å². The summed E-state index contributed by atoms with van der Waals surface area (Å²) in [5.74, 6) is -5.56. The van der Waals surface area contributed by atoms with E-state index in [9.17, 15) is 24.3 Å². The molecule has 0 aliphatic rings. The Bertz CT molecular complexity index is 238. The second-order valence-corrected chi connectivity index (χ2v) is 2.25. The van der Waals surface area contributed by atoms with Crippen molar-refractivity contribution >= 4 is 31.2 Å². The van der Waals surface area contributed by atoms with Gasteiger partial charge in [0.1, 0.15) is 6.42 Å². The van der Waals surface area contributed by atoms with Crippen molar-refractivity contribution in [1.82, 2.24) is 0 Å². The third kappa shape index (κ3) is 82.8. The monoisotopic (exact) mass is 276 g/mol. The van der Waals surface area contributed by atoms with Crippen LogP contribution in [-0.4, -0.2) is 61.6 Å². The van der Waals surface area contributed by atoms with Crippen molar-refractivity contribution in [2.75, 3.05) is 0 Å². The number of hydrogen-bond acceptors (Lipinski definition) is 8. The fourth-order valence-corrected chi connectivity index (χ4v) is 0.253. The molecule has 13 heteroatoms. The molecule has 19 heavy (non-hydrogen) atoms. The van der Waals surface area contributed by atoms with Crippen LogP contribution >= 0.6 is 0 Å². The van der Waals surface area contributed by atoms with E-state index >= 15 is 0 Å². The third-order valence-electron chi connectivity index (χ3n) is 0.598. The molecule has 0 rings (SSSR count). The van der Waals surface area contributed by atoms with Crippen LogP contribution in [-0.2, 0) is 19.2 Å². The maximum Gasteiger partial charge on any atom is 1.00 e. The van der Waals surface area contributed by atoms with Crippen LogP contribution in [0.4, 0.5) is 0 Å². The summed E-state index contributed by atoms with van der Waals surface area (Å²) in [6.45, 7) is 0. The number of carboxylic acids is 4. The molecular weight excluding hydrogens is 266 g/mol. The molecular formula is C6H10BLiO11. The molecule has 0 bridgehead atoms. The van der Waals surface area contributed by atoms with Gasteiger partial charge in [-0.15, -0.1) is 0 Å². The van der Waals surface area contributed by atoms with Crippen molar-refractivity contribution in [3.05, 3.63) is 0 Å².